The SMILES string of the molecule is COc1cc(/C=C/C(=O)Nc2ccc(O)cc2)ccc1OCc1ccc(Br)cc1. The fourth-order valence-electron chi connectivity index (χ4n) is 2.55. The number of rotatable bonds is 7. The van der Waals surface area contributed by atoms with Crippen LogP contribution < -0.4 is 14.8 Å². The van der Waals surface area contributed by atoms with Gasteiger partial charge in [0.2, 0.25) is 5.91 Å². The molecule has 3 rings (SSSR count). The molecule has 0 saturated heterocycles. The molecule has 1 amide bonds. The van der Waals surface area contributed by atoms with E-state index < -0.39 is 0 Å². The van der Waals surface area contributed by atoms with Crippen molar-refractivity contribution in [2.75, 3.05) is 12.4 Å². The average molecular weight is 454 g/mol. The van der Waals surface area contributed by atoms with E-state index in [0.717, 1.165) is 15.6 Å². The number of carbonyl (C=O) groups is 1. The van der Waals surface area contributed by atoms with Gasteiger partial charge in [0.25, 0.3) is 0 Å². The van der Waals surface area contributed by atoms with Crippen molar-refractivity contribution < 1.29 is 19.4 Å². The zero-order valence-corrected chi connectivity index (χ0v) is 17.3. The van der Waals surface area contributed by atoms with Gasteiger partial charge in [-0.15, -0.1) is 0 Å². The summed E-state index contributed by atoms with van der Waals surface area (Å²) in [6.45, 7) is 0.424. The molecule has 0 saturated carbocycles. The molecule has 0 heterocycles. The minimum Gasteiger partial charge on any atom is -0.508 e. The molecule has 6 heteroatoms. The number of halogens is 1. The smallest absolute Gasteiger partial charge is 0.248 e. The summed E-state index contributed by atoms with van der Waals surface area (Å²) in [5, 5.41) is 12.0. The van der Waals surface area contributed by atoms with E-state index in [-0.39, 0.29) is 11.7 Å². The Morgan fingerprint density at radius 1 is 1.03 bits per heavy atom. The lowest BCUT2D eigenvalue weighted by Gasteiger charge is -2.11. The molecule has 3 aromatic rings. The third kappa shape index (κ3) is 6.12. The maximum absolute atomic E-state index is 12.1. The lowest BCUT2D eigenvalue weighted by molar-refractivity contribution is -0.111. The van der Waals surface area contributed by atoms with Crippen molar-refractivity contribution >= 4 is 33.6 Å². The van der Waals surface area contributed by atoms with Gasteiger partial charge in [0.05, 0.1) is 7.11 Å². The Hall–Kier alpha value is -3.25. The molecular weight excluding hydrogens is 434 g/mol. The van der Waals surface area contributed by atoms with E-state index in [2.05, 4.69) is 21.2 Å². The van der Waals surface area contributed by atoms with Crippen molar-refractivity contribution in [3.05, 3.63) is 88.4 Å². The average Bonchev–Trinajstić information content (AvgIpc) is 2.74. The monoisotopic (exact) mass is 453 g/mol. The molecule has 0 spiro atoms. The maximum atomic E-state index is 12.1. The summed E-state index contributed by atoms with van der Waals surface area (Å²) in [7, 11) is 1.58. The zero-order valence-electron chi connectivity index (χ0n) is 15.8. The molecule has 0 aliphatic carbocycles. The quantitative estimate of drug-likeness (QED) is 0.371. The van der Waals surface area contributed by atoms with Gasteiger partial charge in [0, 0.05) is 16.2 Å². The first kappa shape index (κ1) is 20.5. The topological polar surface area (TPSA) is 67.8 Å². The van der Waals surface area contributed by atoms with E-state index in [0.29, 0.717) is 23.8 Å². The second kappa shape index (κ2) is 9.80. The Morgan fingerprint density at radius 3 is 2.45 bits per heavy atom. The van der Waals surface area contributed by atoms with Crippen molar-refractivity contribution in [1.29, 1.82) is 0 Å². The number of hydrogen-bond donors (Lipinski definition) is 2. The molecule has 2 N–H and O–H groups in total. The molecule has 0 aliphatic heterocycles. The molecule has 0 atom stereocenters. The molecule has 5 nitrogen and oxygen atoms in total. The number of anilines is 1. The van der Waals surface area contributed by atoms with Gasteiger partial charge in [-0.05, 0) is 65.7 Å². The van der Waals surface area contributed by atoms with Gasteiger partial charge in [-0.25, -0.2) is 0 Å². The minimum atomic E-state index is -0.273. The van der Waals surface area contributed by atoms with Crippen molar-refractivity contribution in [1.82, 2.24) is 0 Å². The van der Waals surface area contributed by atoms with Crippen LogP contribution in [0.5, 0.6) is 17.2 Å². The van der Waals surface area contributed by atoms with Gasteiger partial charge in [0.1, 0.15) is 12.4 Å². The minimum absolute atomic E-state index is 0.146. The first-order valence-corrected chi connectivity index (χ1v) is 9.66. The summed E-state index contributed by atoms with van der Waals surface area (Å²) < 4.78 is 12.3. The van der Waals surface area contributed by atoms with Gasteiger partial charge < -0.3 is 19.9 Å². The lowest BCUT2D eigenvalue weighted by Crippen LogP contribution is -2.07. The summed E-state index contributed by atoms with van der Waals surface area (Å²) >= 11 is 3.41. The van der Waals surface area contributed by atoms with E-state index in [4.69, 9.17) is 9.47 Å². The third-order valence-corrected chi connectivity index (χ3v) is 4.59. The molecule has 0 unspecified atom stereocenters. The van der Waals surface area contributed by atoms with Crippen molar-refractivity contribution in [2.24, 2.45) is 0 Å². The summed E-state index contributed by atoms with van der Waals surface area (Å²) in [6.07, 6.45) is 3.13. The van der Waals surface area contributed by atoms with Crippen LogP contribution in [0.4, 0.5) is 5.69 Å². The standard InChI is InChI=1S/C23H20BrNO4/c1-28-22-14-16(5-13-23(27)25-19-8-10-20(26)11-9-19)4-12-21(22)29-15-17-2-6-18(24)7-3-17/h2-14,26H,15H2,1H3,(H,25,27)/b13-5+. The first-order chi connectivity index (χ1) is 14.0. The predicted octanol–water partition coefficient (Wildman–Crippen LogP) is 5.39. The summed E-state index contributed by atoms with van der Waals surface area (Å²) in [5.74, 6) is 1.09. The molecule has 29 heavy (non-hydrogen) atoms. The normalized spacial score (nSPS) is 10.7. The number of phenols is 1. The van der Waals surface area contributed by atoms with Gasteiger partial charge in [0.15, 0.2) is 11.5 Å². The van der Waals surface area contributed by atoms with Crippen LogP contribution >= 0.6 is 15.9 Å². The van der Waals surface area contributed by atoms with E-state index >= 15 is 0 Å². The van der Waals surface area contributed by atoms with E-state index in [1.165, 1.54) is 18.2 Å². The first-order valence-electron chi connectivity index (χ1n) is 8.87. The second-order valence-corrected chi connectivity index (χ2v) is 7.11. The Kier molecular flexibility index (Phi) is 6.92. The van der Waals surface area contributed by atoms with Gasteiger partial charge in [-0.2, -0.15) is 0 Å². The fraction of sp³-hybridized carbons (Fsp3) is 0.0870. The second-order valence-electron chi connectivity index (χ2n) is 6.19. The molecule has 0 bridgehead atoms. The Bertz CT molecular complexity index is 998. The third-order valence-electron chi connectivity index (χ3n) is 4.06. The zero-order chi connectivity index (χ0) is 20.6. The highest BCUT2D eigenvalue weighted by Gasteiger charge is 2.06. The molecule has 0 aliphatic rings. The van der Waals surface area contributed by atoms with E-state index in [1.807, 2.05) is 36.4 Å². The number of phenolic OH excluding ortho intramolecular Hbond substituents is 1. The Labute approximate surface area is 177 Å². The van der Waals surface area contributed by atoms with Crippen LogP contribution in [0.25, 0.3) is 6.08 Å². The summed E-state index contributed by atoms with van der Waals surface area (Å²) in [6, 6.07) is 19.7. The molecular formula is C23H20BrNO4. The number of aromatic hydroxyl groups is 1. The van der Waals surface area contributed by atoms with Crippen LogP contribution in [0.1, 0.15) is 11.1 Å². The molecule has 0 fully saturated rings. The maximum Gasteiger partial charge on any atom is 0.248 e. The molecule has 148 valence electrons. The number of amides is 1. The van der Waals surface area contributed by atoms with Crippen LogP contribution in [0.15, 0.2) is 77.3 Å². The van der Waals surface area contributed by atoms with E-state index in [9.17, 15) is 9.90 Å². The van der Waals surface area contributed by atoms with Crippen LogP contribution in [0.3, 0.4) is 0 Å². The number of hydrogen-bond acceptors (Lipinski definition) is 4. The fourth-order valence-corrected chi connectivity index (χ4v) is 2.81. The summed E-state index contributed by atoms with van der Waals surface area (Å²) in [5.41, 5.74) is 2.45. The molecule has 0 radical (unpaired) electrons. The van der Waals surface area contributed by atoms with Crippen LogP contribution in [-0.2, 0) is 11.4 Å². The van der Waals surface area contributed by atoms with Crippen molar-refractivity contribution in [2.45, 2.75) is 6.61 Å². The lowest BCUT2D eigenvalue weighted by atomic mass is 10.2. The Balaban J connectivity index is 1.62. The number of methoxy groups -OCH3 is 1. The van der Waals surface area contributed by atoms with Crippen LogP contribution in [-0.4, -0.2) is 18.1 Å². The number of nitrogens with one attached hydrogen (secondary N) is 1. The highest BCUT2D eigenvalue weighted by atomic mass is 79.9. The summed E-state index contributed by atoms with van der Waals surface area (Å²) in [4.78, 5) is 12.1. The Morgan fingerprint density at radius 2 is 1.76 bits per heavy atom. The van der Waals surface area contributed by atoms with Crippen LogP contribution in [0.2, 0.25) is 0 Å². The van der Waals surface area contributed by atoms with Crippen molar-refractivity contribution in [3.63, 3.8) is 0 Å². The highest BCUT2D eigenvalue weighted by molar-refractivity contribution is 9.10. The van der Waals surface area contributed by atoms with Gasteiger partial charge in [-0.3, -0.25) is 4.79 Å². The number of benzene rings is 3. The number of carbonyl (C=O) groups excluding carboxylic acids is 1. The molecule has 3 aromatic carbocycles. The van der Waals surface area contributed by atoms with Crippen LogP contribution in [0, 0.1) is 0 Å². The van der Waals surface area contributed by atoms with E-state index in [1.54, 1.807) is 31.4 Å². The largest absolute Gasteiger partial charge is 0.508 e. The predicted molar refractivity (Wildman–Crippen MR) is 117 cm³/mol. The van der Waals surface area contributed by atoms with Gasteiger partial charge >= 0.3 is 0 Å². The van der Waals surface area contributed by atoms with Gasteiger partial charge in [-0.1, -0.05) is 34.1 Å². The number of ether oxygens (including phenoxy) is 2. The molecule has 0 aromatic heterocycles. The highest BCUT2D eigenvalue weighted by Crippen LogP contribution is 2.29. The van der Waals surface area contributed by atoms with Crippen molar-refractivity contribution in [3.8, 4) is 17.2 Å².